The van der Waals surface area contributed by atoms with Crippen LogP contribution in [0, 0.1) is 0 Å². The molecule has 0 atom stereocenters. The van der Waals surface area contributed by atoms with Gasteiger partial charge in [-0.2, -0.15) is 5.10 Å². The molecular weight excluding hydrogens is 374 g/mol. The van der Waals surface area contributed by atoms with Crippen molar-refractivity contribution in [1.82, 2.24) is 29.9 Å². The number of anilines is 1. The molecule has 0 aromatic carbocycles. The van der Waals surface area contributed by atoms with Crippen molar-refractivity contribution in [3.8, 4) is 22.4 Å². The third-order valence-corrected chi connectivity index (χ3v) is 5.96. The molecule has 1 saturated heterocycles. The van der Waals surface area contributed by atoms with Crippen LogP contribution in [0.1, 0.15) is 24.5 Å². The van der Waals surface area contributed by atoms with Crippen molar-refractivity contribution in [3.63, 3.8) is 0 Å². The van der Waals surface area contributed by atoms with Crippen LogP contribution >= 0.6 is 0 Å². The first kappa shape index (κ1) is 17.5. The molecule has 6 rings (SSSR count). The van der Waals surface area contributed by atoms with Gasteiger partial charge in [0, 0.05) is 68.0 Å². The summed E-state index contributed by atoms with van der Waals surface area (Å²) in [6.45, 7) is 3.99. The molecule has 0 amide bonds. The Morgan fingerprint density at radius 3 is 2.47 bits per heavy atom. The Morgan fingerprint density at radius 1 is 0.900 bits per heavy atom. The van der Waals surface area contributed by atoms with Crippen LogP contribution in [-0.2, 0) is 0 Å². The van der Waals surface area contributed by atoms with Crippen LogP contribution in [0.25, 0.3) is 28.0 Å². The van der Waals surface area contributed by atoms with Crippen molar-refractivity contribution >= 4 is 11.5 Å². The molecule has 0 spiro atoms. The normalized spacial score (nSPS) is 16.9. The summed E-state index contributed by atoms with van der Waals surface area (Å²) in [6.07, 6.45) is 9.84. The average molecular weight is 397 g/mol. The van der Waals surface area contributed by atoms with Crippen LogP contribution in [0.3, 0.4) is 0 Å². The van der Waals surface area contributed by atoms with Gasteiger partial charge in [0.25, 0.3) is 0 Å². The Kier molecular flexibility index (Phi) is 4.19. The van der Waals surface area contributed by atoms with Gasteiger partial charge in [-0.05, 0) is 48.7 Å². The SMILES string of the molecule is c1cc(-c2ccnn3c(-c4ccc(N5CCNCC5)nc4)c(C4CC4)nc23)ccn1. The Balaban J connectivity index is 1.47. The van der Waals surface area contributed by atoms with Crippen molar-refractivity contribution in [2.24, 2.45) is 0 Å². The van der Waals surface area contributed by atoms with Crippen molar-refractivity contribution in [3.05, 3.63) is 60.8 Å². The van der Waals surface area contributed by atoms with Gasteiger partial charge in [0.05, 0.1) is 11.4 Å². The van der Waals surface area contributed by atoms with Crippen LogP contribution in [0.4, 0.5) is 5.82 Å². The molecule has 150 valence electrons. The quantitative estimate of drug-likeness (QED) is 0.570. The van der Waals surface area contributed by atoms with E-state index in [4.69, 9.17) is 9.97 Å². The number of nitrogens with one attached hydrogen (secondary N) is 1. The Labute approximate surface area is 174 Å². The topological polar surface area (TPSA) is 71.2 Å². The standard InChI is InChI=1S/C23H23N7/c1-2-17(1)21-22(18-3-4-20(26-15-18)29-13-11-25-12-14-29)30-23(28-21)19(7-10-27-30)16-5-8-24-9-6-16/h3-10,15,17,25H,1-2,11-14H2. The second kappa shape index (κ2) is 7.18. The van der Waals surface area contributed by atoms with Gasteiger partial charge >= 0.3 is 0 Å². The van der Waals surface area contributed by atoms with E-state index in [9.17, 15) is 0 Å². The van der Waals surface area contributed by atoms with Gasteiger partial charge in [0.2, 0.25) is 0 Å². The van der Waals surface area contributed by atoms with Gasteiger partial charge in [-0.15, -0.1) is 0 Å². The first-order chi connectivity index (χ1) is 14.9. The van der Waals surface area contributed by atoms with E-state index in [0.717, 1.165) is 65.7 Å². The van der Waals surface area contributed by atoms with Crippen molar-refractivity contribution < 1.29 is 0 Å². The fourth-order valence-electron chi connectivity index (χ4n) is 4.24. The summed E-state index contributed by atoms with van der Waals surface area (Å²) in [5.74, 6) is 1.55. The second-order valence-electron chi connectivity index (χ2n) is 7.98. The van der Waals surface area contributed by atoms with Gasteiger partial charge < -0.3 is 10.2 Å². The van der Waals surface area contributed by atoms with E-state index in [2.05, 4.69) is 32.4 Å². The number of fused-ring (bicyclic) bond motifs is 1. The average Bonchev–Trinajstić information content (AvgIpc) is 3.60. The molecule has 1 saturated carbocycles. The summed E-state index contributed by atoms with van der Waals surface area (Å²) in [7, 11) is 0. The second-order valence-corrected chi connectivity index (χ2v) is 7.98. The van der Waals surface area contributed by atoms with E-state index >= 15 is 0 Å². The fraction of sp³-hybridized carbons (Fsp3) is 0.304. The summed E-state index contributed by atoms with van der Waals surface area (Å²) in [4.78, 5) is 16.3. The number of hydrogen-bond donors (Lipinski definition) is 1. The summed E-state index contributed by atoms with van der Waals surface area (Å²) in [5.41, 5.74) is 6.35. The third kappa shape index (κ3) is 3.02. The van der Waals surface area contributed by atoms with E-state index in [1.54, 1.807) is 0 Å². The van der Waals surface area contributed by atoms with Gasteiger partial charge in [0.15, 0.2) is 5.65 Å². The summed E-state index contributed by atoms with van der Waals surface area (Å²) in [6, 6.07) is 10.4. The Hall–Kier alpha value is -3.32. The zero-order valence-corrected chi connectivity index (χ0v) is 16.7. The zero-order chi connectivity index (χ0) is 19.9. The van der Waals surface area contributed by atoms with Crippen LogP contribution in [0.15, 0.2) is 55.1 Å². The maximum absolute atomic E-state index is 5.07. The molecular formula is C23H23N7. The van der Waals surface area contributed by atoms with E-state index in [1.165, 1.54) is 12.8 Å². The molecule has 2 aliphatic rings. The minimum Gasteiger partial charge on any atom is -0.354 e. The maximum atomic E-state index is 5.07. The minimum atomic E-state index is 0.514. The molecule has 7 nitrogen and oxygen atoms in total. The largest absolute Gasteiger partial charge is 0.354 e. The number of piperazine rings is 1. The number of hydrogen-bond acceptors (Lipinski definition) is 6. The maximum Gasteiger partial charge on any atom is 0.162 e. The highest BCUT2D eigenvalue weighted by Gasteiger charge is 2.32. The summed E-state index contributed by atoms with van der Waals surface area (Å²) >= 11 is 0. The number of imidazole rings is 1. The molecule has 0 unspecified atom stereocenters. The first-order valence-corrected chi connectivity index (χ1v) is 10.6. The predicted molar refractivity (Wildman–Crippen MR) is 117 cm³/mol. The summed E-state index contributed by atoms with van der Waals surface area (Å²) in [5, 5.41) is 8.07. The molecule has 5 heterocycles. The fourth-order valence-corrected chi connectivity index (χ4v) is 4.24. The number of nitrogens with zero attached hydrogens (tertiary/aromatic N) is 6. The third-order valence-electron chi connectivity index (χ3n) is 5.96. The van der Waals surface area contributed by atoms with Crippen LogP contribution < -0.4 is 10.2 Å². The molecule has 7 heteroatoms. The molecule has 2 fully saturated rings. The highest BCUT2D eigenvalue weighted by Crippen LogP contribution is 2.44. The van der Waals surface area contributed by atoms with Gasteiger partial charge in [-0.1, -0.05) is 0 Å². The van der Waals surface area contributed by atoms with Gasteiger partial charge in [-0.3, -0.25) is 4.98 Å². The Bertz CT molecular complexity index is 1170. The Morgan fingerprint density at radius 2 is 1.73 bits per heavy atom. The van der Waals surface area contributed by atoms with E-state index < -0.39 is 0 Å². The molecule has 1 N–H and O–H groups in total. The highest BCUT2D eigenvalue weighted by molar-refractivity contribution is 5.80. The van der Waals surface area contributed by atoms with Gasteiger partial charge in [-0.25, -0.2) is 14.5 Å². The lowest BCUT2D eigenvalue weighted by Gasteiger charge is -2.28. The van der Waals surface area contributed by atoms with Crippen molar-refractivity contribution in [1.29, 1.82) is 0 Å². The molecule has 1 aliphatic heterocycles. The van der Waals surface area contributed by atoms with Crippen LogP contribution in [-0.4, -0.2) is 50.7 Å². The molecule has 0 bridgehead atoms. The van der Waals surface area contributed by atoms with Crippen LogP contribution in [0.2, 0.25) is 0 Å². The number of rotatable bonds is 4. The van der Waals surface area contributed by atoms with Crippen molar-refractivity contribution in [2.45, 2.75) is 18.8 Å². The first-order valence-electron chi connectivity index (χ1n) is 10.6. The molecule has 30 heavy (non-hydrogen) atoms. The lowest BCUT2D eigenvalue weighted by molar-refractivity contribution is 0.585. The molecule has 1 aliphatic carbocycles. The molecule has 4 aromatic heterocycles. The predicted octanol–water partition coefficient (Wildman–Crippen LogP) is 3.14. The molecule has 0 radical (unpaired) electrons. The smallest absolute Gasteiger partial charge is 0.162 e. The lowest BCUT2D eigenvalue weighted by Crippen LogP contribution is -2.43. The monoisotopic (exact) mass is 397 g/mol. The zero-order valence-electron chi connectivity index (χ0n) is 16.7. The summed E-state index contributed by atoms with van der Waals surface area (Å²) < 4.78 is 1.99. The minimum absolute atomic E-state index is 0.514. The van der Waals surface area contributed by atoms with Crippen molar-refractivity contribution in [2.75, 3.05) is 31.1 Å². The van der Waals surface area contributed by atoms with Gasteiger partial charge in [0.1, 0.15) is 5.82 Å². The molecule has 4 aromatic rings. The van der Waals surface area contributed by atoms with E-state index in [1.807, 2.05) is 47.5 Å². The van der Waals surface area contributed by atoms with Crippen LogP contribution in [0.5, 0.6) is 0 Å². The number of aromatic nitrogens is 5. The number of pyridine rings is 2. The highest BCUT2D eigenvalue weighted by atomic mass is 15.3. The van der Waals surface area contributed by atoms with E-state index in [-0.39, 0.29) is 0 Å². The van der Waals surface area contributed by atoms with E-state index in [0.29, 0.717) is 5.92 Å². The lowest BCUT2D eigenvalue weighted by atomic mass is 10.1.